The summed E-state index contributed by atoms with van der Waals surface area (Å²) in [5, 5.41) is 0. The summed E-state index contributed by atoms with van der Waals surface area (Å²) < 4.78 is 6.24. The molecule has 0 aromatic carbocycles. The Balaban J connectivity index is 1.55. The lowest BCUT2D eigenvalue weighted by Gasteiger charge is -2.41. The average Bonchev–Trinajstić information content (AvgIpc) is 3.08. The predicted molar refractivity (Wildman–Crippen MR) is 83.2 cm³/mol. The van der Waals surface area contributed by atoms with Crippen molar-refractivity contribution in [3.8, 4) is 0 Å². The molecule has 21 heavy (non-hydrogen) atoms. The number of carbonyl (C=O) groups excluding carboxylic acids is 1. The quantitative estimate of drug-likeness (QED) is 0.744. The Morgan fingerprint density at radius 3 is 2.29 bits per heavy atom. The van der Waals surface area contributed by atoms with E-state index in [-0.39, 0.29) is 16.9 Å². The molecule has 0 radical (unpaired) electrons. The monoisotopic (exact) mass is 294 g/mol. The highest BCUT2D eigenvalue weighted by Gasteiger charge is 2.45. The van der Waals surface area contributed by atoms with Gasteiger partial charge in [-0.05, 0) is 45.2 Å². The van der Waals surface area contributed by atoms with Crippen molar-refractivity contribution in [1.82, 2.24) is 9.80 Å². The minimum atomic E-state index is -0.265. The molecule has 0 aliphatic carbocycles. The van der Waals surface area contributed by atoms with Crippen LogP contribution in [0.2, 0.25) is 0 Å². The first-order valence-corrected chi connectivity index (χ1v) is 8.57. The van der Waals surface area contributed by atoms with Crippen molar-refractivity contribution in [3.63, 3.8) is 0 Å². The summed E-state index contributed by atoms with van der Waals surface area (Å²) in [5.74, 6) is 0.284. The van der Waals surface area contributed by atoms with Crippen LogP contribution in [0.3, 0.4) is 0 Å². The molecule has 1 unspecified atom stereocenters. The van der Waals surface area contributed by atoms with E-state index in [9.17, 15) is 4.79 Å². The summed E-state index contributed by atoms with van der Waals surface area (Å²) in [6.45, 7) is 11.1. The van der Waals surface area contributed by atoms with E-state index in [1.807, 2.05) is 25.7 Å². The minimum absolute atomic E-state index is 0.0575. The Hall–Kier alpha value is -0.610. The van der Waals surface area contributed by atoms with Gasteiger partial charge in [0.2, 0.25) is 5.91 Å². The maximum atomic E-state index is 12.4. The minimum Gasteiger partial charge on any atom is -0.373 e. The Kier molecular flexibility index (Phi) is 4.04. The molecule has 1 atom stereocenters. The number of carbonyl (C=O) groups is 1. The van der Waals surface area contributed by atoms with Crippen LogP contribution in [0.15, 0.2) is 0 Å². The van der Waals surface area contributed by atoms with Gasteiger partial charge in [0.25, 0.3) is 0 Å². The van der Waals surface area contributed by atoms with E-state index in [1.54, 1.807) is 0 Å². The third-order valence-electron chi connectivity index (χ3n) is 5.45. The molecular weight excluding hydrogens is 264 g/mol. The van der Waals surface area contributed by atoms with Crippen molar-refractivity contribution in [2.75, 3.05) is 32.8 Å². The fraction of sp³-hybridized carbons (Fsp3) is 0.941. The van der Waals surface area contributed by atoms with Gasteiger partial charge in [0.15, 0.2) is 0 Å². The van der Waals surface area contributed by atoms with E-state index >= 15 is 0 Å². The molecule has 3 aliphatic rings. The predicted octanol–water partition coefficient (Wildman–Crippen LogP) is 2.28. The number of amides is 1. The molecule has 120 valence electrons. The van der Waals surface area contributed by atoms with Crippen molar-refractivity contribution in [3.05, 3.63) is 0 Å². The molecule has 3 fully saturated rings. The van der Waals surface area contributed by atoms with E-state index in [4.69, 9.17) is 4.74 Å². The zero-order valence-electron chi connectivity index (χ0n) is 13.9. The van der Waals surface area contributed by atoms with Crippen LogP contribution in [0.4, 0.5) is 0 Å². The molecule has 1 amide bonds. The van der Waals surface area contributed by atoms with Crippen LogP contribution in [-0.2, 0) is 9.53 Å². The molecule has 4 nitrogen and oxygen atoms in total. The van der Waals surface area contributed by atoms with Gasteiger partial charge < -0.3 is 9.64 Å². The third kappa shape index (κ3) is 3.11. The Bertz CT molecular complexity index is 388. The second-order valence-electron chi connectivity index (χ2n) is 8.14. The van der Waals surface area contributed by atoms with E-state index in [0.717, 1.165) is 32.5 Å². The van der Waals surface area contributed by atoms with E-state index in [2.05, 4.69) is 4.90 Å². The van der Waals surface area contributed by atoms with Crippen LogP contribution in [-0.4, -0.2) is 60.1 Å². The summed E-state index contributed by atoms with van der Waals surface area (Å²) in [6, 6.07) is 0.623. The molecule has 3 heterocycles. The molecule has 3 rings (SSSR count). The first-order chi connectivity index (χ1) is 9.90. The molecule has 0 saturated carbocycles. The number of nitrogens with zero attached hydrogens (tertiary/aromatic N) is 2. The van der Waals surface area contributed by atoms with Gasteiger partial charge in [-0.15, -0.1) is 0 Å². The lowest BCUT2D eigenvalue weighted by Crippen LogP contribution is -2.49. The second-order valence-corrected chi connectivity index (χ2v) is 8.14. The molecule has 4 heteroatoms. The van der Waals surface area contributed by atoms with Crippen LogP contribution in [0.5, 0.6) is 0 Å². The van der Waals surface area contributed by atoms with E-state index in [1.165, 1.54) is 32.4 Å². The summed E-state index contributed by atoms with van der Waals surface area (Å²) in [7, 11) is 0. The largest absolute Gasteiger partial charge is 0.373 e. The number of hydrogen-bond acceptors (Lipinski definition) is 3. The Morgan fingerprint density at radius 2 is 1.71 bits per heavy atom. The molecule has 3 saturated heterocycles. The highest BCUT2D eigenvalue weighted by atomic mass is 16.5. The summed E-state index contributed by atoms with van der Waals surface area (Å²) >= 11 is 0. The molecule has 0 bridgehead atoms. The van der Waals surface area contributed by atoms with E-state index in [0.29, 0.717) is 6.04 Å². The molecular formula is C17H30N2O2. The van der Waals surface area contributed by atoms with E-state index < -0.39 is 0 Å². The maximum absolute atomic E-state index is 12.4. The van der Waals surface area contributed by atoms with Crippen LogP contribution >= 0.6 is 0 Å². The van der Waals surface area contributed by atoms with Gasteiger partial charge >= 0.3 is 0 Å². The molecule has 0 aromatic heterocycles. The van der Waals surface area contributed by atoms with Crippen LogP contribution in [0.25, 0.3) is 0 Å². The lowest BCUT2D eigenvalue weighted by atomic mass is 9.85. The van der Waals surface area contributed by atoms with Gasteiger partial charge in [-0.3, -0.25) is 9.69 Å². The van der Waals surface area contributed by atoms with Gasteiger partial charge in [0.1, 0.15) is 0 Å². The number of piperidine rings is 1. The van der Waals surface area contributed by atoms with Crippen molar-refractivity contribution < 1.29 is 9.53 Å². The fourth-order valence-corrected chi connectivity index (χ4v) is 4.10. The van der Waals surface area contributed by atoms with Crippen LogP contribution in [0.1, 0.15) is 52.9 Å². The van der Waals surface area contributed by atoms with Crippen LogP contribution < -0.4 is 0 Å². The van der Waals surface area contributed by atoms with Crippen molar-refractivity contribution in [2.24, 2.45) is 5.41 Å². The number of ether oxygens (including phenoxy) is 1. The topological polar surface area (TPSA) is 32.8 Å². The smallest absolute Gasteiger partial charge is 0.227 e. The van der Waals surface area contributed by atoms with Gasteiger partial charge in [-0.2, -0.15) is 0 Å². The fourth-order valence-electron chi connectivity index (χ4n) is 4.10. The van der Waals surface area contributed by atoms with Crippen molar-refractivity contribution in [2.45, 2.75) is 64.5 Å². The maximum Gasteiger partial charge on any atom is 0.227 e. The summed E-state index contributed by atoms with van der Waals surface area (Å²) in [6.07, 6.45) is 5.89. The number of hydrogen-bond donors (Lipinski definition) is 0. The van der Waals surface area contributed by atoms with Crippen molar-refractivity contribution in [1.29, 1.82) is 0 Å². The Morgan fingerprint density at radius 1 is 1.10 bits per heavy atom. The summed E-state index contributed by atoms with van der Waals surface area (Å²) in [4.78, 5) is 17.0. The summed E-state index contributed by atoms with van der Waals surface area (Å²) in [5.41, 5.74) is -0.207. The zero-order chi connectivity index (χ0) is 15.1. The molecule has 0 aromatic rings. The SMILES string of the molecule is CC(C)(C)C(=O)N1CCC2(CC1)CC(N1CCCC1)CO2. The average molecular weight is 294 g/mol. The molecule has 0 N–H and O–H groups in total. The van der Waals surface area contributed by atoms with Crippen LogP contribution in [0, 0.1) is 5.41 Å². The number of rotatable bonds is 1. The van der Waals surface area contributed by atoms with Gasteiger partial charge in [-0.25, -0.2) is 0 Å². The normalized spacial score (nSPS) is 30.2. The first-order valence-electron chi connectivity index (χ1n) is 8.57. The third-order valence-corrected chi connectivity index (χ3v) is 5.45. The standard InChI is InChI=1S/C17H30N2O2/c1-16(2,3)15(20)19-10-6-17(7-11-19)12-14(13-21-17)18-8-4-5-9-18/h14H,4-13H2,1-3H3. The van der Waals surface area contributed by atoms with Gasteiger partial charge in [0, 0.05) is 24.5 Å². The number of likely N-dealkylation sites (tertiary alicyclic amines) is 2. The zero-order valence-corrected chi connectivity index (χ0v) is 13.9. The lowest BCUT2D eigenvalue weighted by molar-refractivity contribution is -0.144. The Labute approximate surface area is 128 Å². The van der Waals surface area contributed by atoms with Gasteiger partial charge in [-0.1, -0.05) is 20.8 Å². The van der Waals surface area contributed by atoms with Crippen molar-refractivity contribution >= 4 is 5.91 Å². The molecule has 1 spiro atoms. The highest BCUT2D eigenvalue weighted by Crippen LogP contribution is 2.39. The second kappa shape index (κ2) is 5.54. The van der Waals surface area contributed by atoms with Gasteiger partial charge in [0.05, 0.1) is 12.2 Å². The first kappa shape index (κ1) is 15.3. The highest BCUT2D eigenvalue weighted by molar-refractivity contribution is 5.81. The molecule has 3 aliphatic heterocycles.